The number of aromatic nitrogens is 2. The third-order valence-electron chi connectivity index (χ3n) is 6.73. The van der Waals surface area contributed by atoms with E-state index in [0.717, 1.165) is 48.2 Å². The zero-order valence-corrected chi connectivity index (χ0v) is 21.4. The minimum Gasteiger partial charge on any atom is -0.394 e. The third-order valence-corrected chi connectivity index (χ3v) is 6.73. The Labute approximate surface area is 212 Å². The van der Waals surface area contributed by atoms with Gasteiger partial charge in [0.1, 0.15) is 11.7 Å². The van der Waals surface area contributed by atoms with Gasteiger partial charge < -0.3 is 21.9 Å². The molecule has 1 atom stereocenters. The lowest BCUT2D eigenvalue weighted by atomic mass is 9.63. The molecule has 1 fully saturated rings. The zero-order valence-electron chi connectivity index (χ0n) is 21.4. The van der Waals surface area contributed by atoms with Crippen molar-refractivity contribution in [3.63, 3.8) is 0 Å². The smallest absolute Gasteiger partial charge is 0.274 e. The van der Waals surface area contributed by atoms with Crippen LogP contribution >= 0.6 is 0 Å². The largest absolute Gasteiger partial charge is 0.394 e. The number of aliphatic imine (C=N–C) groups is 2. The van der Waals surface area contributed by atoms with Gasteiger partial charge in [-0.2, -0.15) is 4.99 Å². The van der Waals surface area contributed by atoms with Crippen molar-refractivity contribution in [3.8, 4) is 11.1 Å². The lowest BCUT2D eigenvalue weighted by Gasteiger charge is -2.41. The van der Waals surface area contributed by atoms with Gasteiger partial charge in [-0.1, -0.05) is 43.7 Å². The number of carbonyl (C=O) groups excluding carboxylic acids is 1. The maximum absolute atomic E-state index is 12.9. The summed E-state index contributed by atoms with van der Waals surface area (Å²) in [5, 5.41) is 12.4. The first-order valence-electron chi connectivity index (χ1n) is 12.4. The standard InChI is InChI=1S/C27H37N7O2/c1-4-19(3)33-23(30-14-15-35)11-6-18(2)24(36)34-25(28)27(12-5-13-27)22-9-7-20(8-10-22)21-16-31-26(29)32-17-21/h6-10,16-17,19,35H,4-5,11-15H2,1-3H3,(H,30,33)(H2,28,34,36)(H2,29,31,32). The van der Waals surface area contributed by atoms with Crippen molar-refractivity contribution in [1.82, 2.24) is 15.3 Å². The summed E-state index contributed by atoms with van der Waals surface area (Å²) >= 11 is 0. The van der Waals surface area contributed by atoms with Crippen LogP contribution in [0.2, 0.25) is 0 Å². The summed E-state index contributed by atoms with van der Waals surface area (Å²) in [6.45, 7) is 6.18. The quantitative estimate of drug-likeness (QED) is 0.226. The maximum Gasteiger partial charge on any atom is 0.274 e. The van der Waals surface area contributed by atoms with Crippen molar-refractivity contribution < 1.29 is 9.90 Å². The lowest BCUT2D eigenvalue weighted by molar-refractivity contribution is -0.114. The third kappa shape index (κ3) is 6.54. The van der Waals surface area contributed by atoms with Crippen LogP contribution in [0.25, 0.3) is 11.1 Å². The Morgan fingerprint density at radius 1 is 1.22 bits per heavy atom. The molecule has 1 saturated carbocycles. The summed E-state index contributed by atoms with van der Waals surface area (Å²) in [4.78, 5) is 29.7. The molecule has 1 aliphatic rings. The lowest BCUT2D eigenvalue weighted by Crippen LogP contribution is -2.47. The molecule has 9 nitrogen and oxygen atoms in total. The summed E-state index contributed by atoms with van der Waals surface area (Å²) in [5.74, 6) is 0.980. The molecule has 1 unspecified atom stereocenters. The van der Waals surface area contributed by atoms with E-state index in [1.807, 2.05) is 30.3 Å². The highest BCUT2D eigenvalue weighted by Gasteiger charge is 2.42. The number of anilines is 1. The Morgan fingerprint density at radius 3 is 2.44 bits per heavy atom. The van der Waals surface area contributed by atoms with E-state index in [4.69, 9.17) is 16.6 Å². The van der Waals surface area contributed by atoms with Crippen molar-refractivity contribution in [1.29, 1.82) is 0 Å². The van der Waals surface area contributed by atoms with E-state index < -0.39 is 5.41 Å². The van der Waals surface area contributed by atoms with Crippen LogP contribution in [0.4, 0.5) is 5.95 Å². The number of amidine groups is 2. The fraction of sp³-hybridized carbons (Fsp3) is 0.444. The normalized spacial score (nSPS) is 16.8. The monoisotopic (exact) mass is 491 g/mol. The molecule has 1 heterocycles. The van der Waals surface area contributed by atoms with Crippen molar-refractivity contribution >= 4 is 23.5 Å². The van der Waals surface area contributed by atoms with E-state index in [1.54, 1.807) is 19.3 Å². The second kappa shape index (κ2) is 12.4. The van der Waals surface area contributed by atoms with Gasteiger partial charge in [0.05, 0.1) is 18.6 Å². The van der Waals surface area contributed by atoms with Crippen LogP contribution in [0, 0.1) is 0 Å². The van der Waals surface area contributed by atoms with Crippen molar-refractivity contribution in [3.05, 3.63) is 53.9 Å². The second-order valence-corrected chi connectivity index (χ2v) is 9.24. The summed E-state index contributed by atoms with van der Waals surface area (Å²) in [7, 11) is 0. The van der Waals surface area contributed by atoms with Crippen LogP contribution < -0.4 is 16.8 Å². The molecule has 1 amide bonds. The van der Waals surface area contributed by atoms with E-state index in [0.29, 0.717) is 24.4 Å². The molecule has 0 saturated heterocycles. The molecular weight excluding hydrogens is 454 g/mol. The minimum absolute atomic E-state index is 0.0229. The molecular formula is C27H37N7O2. The maximum atomic E-state index is 12.9. The summed E-state index contributed by atoms with van der Waals surface area (Å²) in [5.41, 5.74) is 15.0. The second-order valence-electron chi connectivity index (χ2n) is 9.24. The molecule has 1 aromatic carbocycles. The average molecular weight is 492 g/mol. The van der Waals surface area contributed by atoms with Crippen LogP contribution in [0.3, 0.4) is 0 Å². The van der Waals surface area contributed by atoms with Crippen LogP contribution in [0.5, 0.6) is 0 Å². The van der Waals surface area contributed by atoms with Gasteiger partial charge in [0.25, 0.3) is 5.91 Å². The van der Waals surface area contributed by atoms with E-state index in [-0.39, 0.29) is 24.5 Å². The fourth-order valence-electron chi connectivity index (χ4n) is 4.07. The van der Waals surface area contributed by atoms with Crippen LogP contribution in [0.15, 0.2) is 58.3 Å². The number of aliphatic hydroxyl groups is 1. The van der Waals surface area contributed by atoms with E-state index in [9.17, 15) is 4.79 Å². The Balaban J connectivity index is 1.74. The minimum atomic E-state index is -0.433. The zero-order chi connectivity index (χ0) is 26.1. The highest BCUT2D eigenvalue weighted by Crippen LogP contribution is 2.44. The predicted molar refractivity (Wildman–Crippen MR) is 145 cm³/mol. The average Bonchev–Trinajstić information content (AvgIpc) is 2.85. The SMILES string of the molecule is CCC(C)NC(CC=C(C)C(=O)N=C(N)C1(c2ccc(-c3cnc(N)nc3)cc2)CCC1)=NCCO. The van der Waals surface area contributed by atoms with Crippen LogP contribution in [0.1, 0.15) is 58.4 Å². The van der Waals surface area contributed by atoms with Gasteiger partial charge in [0.2, 0.25) is 5.95 Å². The van der Waals surface area contributed by atoms with Crippen molar-refractivity contribution in [2.24, 2.45) is 15.7 Å². The number of nitrogens with one attached hydrogen (secondary N) is 1. The molecule has 6 N–H and O–H groups in total. The van der Waals surface area contributed by atoms with Crippen molar-refractivity contribution in [2.45, 2.75) is 64.3 Å². The molecule has 3 rings (SSSR count). The van der Waals surface area contributed by atoms with E-state index in [1.165, 1.54) is 0 Å². The van der Waals surface area contributed by atoms with Gasteiger partial charge in [0, 0.05) is 36.0 Å². The van der Waals surface area contributed by atoms with E-state index >= 15 is 0 Å². The molecule has 36 heavy (non-hydrogen) atoms. The van der Waals surface area contributed by atoms with Gasteiger partial charge in [0.15, 0.2) is 0 Å². The summed E-state index contributed by atoms with van der Waals surface area (Å²) in [6, 6.07) is 8.32. The first kappa shape index (κ1) is 27.0. The number of amides is 1. The Hall–Kier alpha value is -3.59. The molecule has 2 aromatic rings. The molecule has 192 valence electrons. The molecule has 9 heteroatoms. The molecule has 1 aromatic heterocycles. The van der Waals surface area contributed by atoms with Gasteiger partial charge in [-0.05, 0) is 44.2 Å². The number of benzene rings is 1. The van der Waals surface area contributed by atoms with E-state index in [2.05, 4.69) is 39.1 Å². The fourth-order valence-corrected chi connectivity index (χ4v) is 4.07. The highest BCUT2D eigenvalue weighted by atomic mass is 16.3. The number of nitrogen functional groups attached to an aromatic ring is 1. The van der Waals surface area contributed by atoms with Gasteiger partial charge in [-0.3, -0.25) is 9.79 Å². The molecule has 0 bridgehead atoms. The van der Waals surface area contributed by atoms with Crippen molar-refractivity contribution in [2.75, 3.05) is 18.9 Å². The Bertz CT molecular complexity index is 1120. The Morgan fingerprint density at radius 2 is 1.89 bits per heavy atom. The number of aliphatic hydroxyl groups excluding tert-OH is 1. The number of hydrogen-bond acceptors (Lipinski definition) is 6. The first-order chi connectivity index (χ1) is 17.3. The number of nitrogens with two attached hydrogens (primary N) is 2. The van der Waals surface area contributed by atoms with Crippen LogP contribution in [-0.4, -0.2) is 51.8 Å². The first-order valence-corrected chi connectivity index (χ1v) is 12.4. The topological polar surface area (TPSA) is 152 Å². The predicted octanol–water partition coefficient (Wildman–Crippen LogP) is 3.15. The molecule has 1 aliphatic carbocycles. The number of carbonyl (C=O) groups is 1. The molecule has 0 aliphatic heterocycles. The summed E-state index contributed by atoms with van der Waals surface area (Å²) in [6.07, 6.45) is 9.31. The number of hydrogen-bond donors (Lipinski definition) is 4. The van der Waals surface area contributed by atoms with Gasteiger partial charge >= 0.3 is 0 Å². The summed E-state index contributed by atoms with van der Waals surface area (Å²) < 4.78 is 0. The Kier molecular flexibility index (Phi) is 9.30. The van der Waals surface area contributed by atoms with Gasteiger partial charge in [-0.25, -0.2) is 9.97 Å². The van der Waals surface area contributed by atoms with Crippen LogP contribution in [-0.2, 0) is 10.2 Å². The number of nitrogens with zero attached hydrogens (tertiary/aromatic N) is 4. The van der Waals surface area contributed by atoms with Gasteiger partial charge in [-0.15, -0.1) is 0 Å². The molecule has 0 radical (unpaired) electrons. The molecule has 0 spiro atoms. The highest BCUT2D eigenvalue weighted by molar-refractivity contribution is 6.06. The number of rotatable bonds is 10.